The molecule has 2 aliphatic rings. The van der Waals surface area contributed by atoms with Crippen LogP contribution in [0.25, 0.3) is 0 Å². The summed E-state index contributed by atoms with van der Waals surface area (Å²) < 4.78 is 0. The van der Waals surface area contributed by atoms with Crippen molar-refractivity contribution in [1.82, 2.24) is 10.2 Å². The zero-order valence-electron chi connectivity index (χ0n) is 9.76. The summed E-state index contributed by atoms with van der Waals surface area (Å²) in [4.78, 5) is 2.41. The maximum Gasteiger partial charge on any atom is 0.0227 e. The van der Waals surface area contributed by atoms with E-state index in [-0.39, 0.29) is 0 Å². The van der Waals surface area contributed by atoms with E-state index in [4.69, 9.17) is 0 Å². The van der Waals surface area contributed by atoms with E-state index < -0.39 is 0 Å². The molecule has 0 aromatic rings. The van der Waals surface area contributed by atoms with Crippen LogP contribution in [0.1, 0.15) is 25.7 Å². The van der Waals surface area contributed by atoms with Gasteiger partial charge in [0.25, 0.3) is 0 Å². The topological polar surface area (TPSA) is 15.3 Å². The molecule has 0 atom stereocenters. The predicted octanol–water partition coefficient (Wildman–Crippen LogP) is 1.33. The van der Waals surface area contributed by atoms with Crippen LogP contribution in [-0.2, 0) is 0 Å². The van der Waals surface area contributed by atoms with Crippen molar-refractivity contribution in [3.05, 3.63) is 0 Å². The minimum absolute atomic E-state index is 0.672. The summed E-state index contributed by atoms with van der Waals surface area (Å²) in [5.41, 5.74) is 0. The fraction of sp³-hybridized carbons (Fsp3) is 0.846. The van der Waals surface area contributed by atoms with Gasteiger partial charge in [-0.15, -0.1) is 0 Å². The van der Waals surface area contributed by atoms with Crippen molar-refractivity contribution in [2.24, 2.45) is 11.8 Å². The fourth-order valence-electron chi connectivity index (χ4n) is 2.35. The number of nitrogens with zero attached hydrogens (tertiary/aromatic N) is 1. The van der Waals surface area contributed by atoms with Crippen molar-refractivity contribution in [3.8, 4) is 11.8 Å². The Bertz CT molecular complexity index is 237. The molecule has 0 aliphatic carbocycles. The number of nitrogens with one attached hydrogen (secondary N) is 1. The Kier molecular flexibility index (Phi) is 4.05. The molecule has 0 aromatic carbocycles. The molecule has 0 bridgehead atoms. The Hall–Kier alpha value is -0.520. The number of hydrogen-bond donors (Lipinski definition) is 1. The van der Waals surface area contributed by atoms with E-state index in [0.29, 0.717) is 11.8 Å². The standard InChI is InChI=1S/C13H22N2/c1-15-10-6-13(7-11-15)3-2-12-4-8-14-9-5-12/h12-14H,4-11H2,1H3. The van der Waals surface area contributed by atoms with Crippen LogP contribution in [0.3, 0.4) is 0 Å². The quantitative estimate of drug-likeness (QED) is 0.602. The molecule has 2 fully saturated rings. The monoisotopic (exact) mass is 206 g/mol. The number of likely N-dealkylation sites (tertiary alicyclic amines) is 1. The van der Waals surface area contributed by atoms with E-state index in [1.807, 2.05) is 0 Å². The van der Waals surface area contributed by atoms with Crippen molar-refractivity contribution in [2.75, 3.05) is 33.2 Å². The molecule has 0 amide bonds. The van der Waals surface area contributed by atoms with Crippen molar-refractivity contribution < 1.29 is 0 Å². The van der Waals surface area contributed by atoms with Gasteiger partial charge in [-0.1, -0.05) is 11.8 Å². The van der Waals surface area contributed by atoms with E-state index in [1.165, 1.54) is 38.8 Å². The molecule has 2 aliphatic heterocycles. The first-order chi connectivity index (χ1) is 7.34. The second-order valence-corrected chi connectivity index (χ2v) is 4.89. The molecular weight excluding hydrogens is 184 g/mol. The Morgan fingerprint density at radius 2 is 1.47 bits per heavy atom. The Morgan fingerprint density at radius 3 is 2.07 bits per heavy atom. The van der Waals surface area contributed by atoms with E-state index in [1.54, 1.807) is 0 Å². The first-order valence-corrected chi connectivity index (χ1v) is 6.25. The zero-order chi connectivity index (χ0) is 10.5. The zero-order valence-corrected chi connectivity index (χ0v) is 9.76. The molecule has 84 valence electrons. The molecular formula is C13H22N2. The van der Waals surface area contributed by atoms with Crippen molar-refractivity contribution in [2.45, 2.75) is 25.7 Å². The molecule has 2 heteroatoms. The van der Waals surface area contributed by atoms with Gasteiger partial charge >= 0.3 is 0 Å². The maximum absolute atomic E-state index is 3.51. The Balaban J connectivity index is 1.77. The predicted molar refractivity (Wildman–Crippen MR) is 63.6 cm³/mol. The van der Waals surface area contributed by atoms with Crippen LogP contribution in [0, 0.1) is 23.7 Å². The average molecular weight is 206 g/mol. The van der Waals surface area contributed by atoms with Crippen LogP contribution in [0.15, 0.2) is 0 Å². The molecule has 0 spiro atoms. The molecule has 15 heavy (non-hydrogen) atoms. The highest BCUT2D eigenvalue weighted by Gasteiger charge is 2.15. The third-order valence-corrected chi connectivity index (χ3v) is 3.55. The normalized spacial score (nSPS) is 25.9. The summed E-state index contributed by atoms with van der Waals surface area (Å²) in [6.07, 6.45) is 5.04. The summed E-state index contributed by atoms with van der Waals surface area (Å²) in [5.74, 6) is 8.35. The molecule has 2 saturated heterocycles. The van der Waals surface area contributed by atoms with E-state index in [2.05, 4.69) is 29.1 Å². The van der Waals surface area contributed by atoms with E-state index >= 15 is 0 Å². The molecule has 0 radical (unpaired) electrons. The van der Waals surface area contributed by atoms with Gasteiger partial charge in [0.2, 0.25) is 0 Å². The van der Waals surface area contributed by atoms with Gasteiger partial charge in [-0.2, -0.15) is 0 Å². The van der Waals surface area contributed by atoms with Gasteiger partial charge in [-0.05, 0) is 58.9 Å². The number of hydrogen-bond acceptors (Lipinski definition) is 2. The number of piperidine rings is 2. The average Bonchev–Trinajstić information content (AvgIpc) is 2.30. The minimum Gasteiger partial charge on any atom is -0.317 e. The summed E-state index contributed by atoms with van der Waals surface area (Å²) in [6.45, 7) is 4.77. The molecule has 1 N–H and O–H groups in total. The summed E-state index contributed by atoms with van der Waals surface area (Å²) in [7, 11) is 2.20. The molecule has 0 aromatic heterocycles. The van der Waals surface area contributed by atoms with Gasteiger partial charge in [0.05, 0.1) is 0 Å². The smallest absolute Gasteiger partial charge is 0.0227 e. The molecule has 0 saturated carbocycles. The van der Waals surface area contributed by atoms with Crippen LogP contribution in [0.5, 0.6) is 0 Å². The molecule has 0 unspecified atom stereocenters. The van der Waals surface area contributed by atoms with Crippen LogP contribution >= 0.6 is 0 Å². The molecule has 2 rings (SSSR count). The second kappa shape index (κ2) is 5.53. The van der Waals surface area contributed by atoms with E-state index in [0.717, 1.165) is 13.1 Å². The maximum atomic E-state index is 3.51. The Labute approximate surface area is 93.4 Å². The summed E-state index contributed by atoms with van der Waals surface area (Å²) in [6, 6.07) is 0. The highest BCUT2D eigenvalue weighted by atomic mass is 15.1. The van der Waals surface area contributed by atoms with Crippen molar-refractivity contribution in [1.29, 1.82) is 0 Å². The third-order valence-electron chi connectivity index (χ3n) is 3.55. The van der Waals surface area contributed by atoms with Gasteiger partial charge in [0.15, 0.2) is 0 Å². The first kappa shape index (κ1) is 11.0. The minimum atomic E-state index is 0.672. The fourth-order valence-corrected chi connectivity index (χ4v) is 2.35. The van der Waals surface area contributed by atoms with E-state index in [9.17, 15) is 0 Å². The lowest BCUT2D eigenvalue weighted by molar-refractivity contribution is 0.248. The van der Waals surface area contributed by atoms with Gasteiger partial charge in [0.1, 0.15) is 0 Å². The van der Waals surface area contributed by atoms with Gasteiger partial charge < -0.3 is 10.2 Å². The third kappa shape index (κ3) is 3.52. The first-order valence-electron chi connectivity index (χ1n) is 6.25. The lowest BCUT2D eigenvalue weighted by atomic mass is 9.94. The second-order valence-electron chi connectivity index (χ2n) is 4.89. The van der Waals surface area contributed by atoms with Gasteiger partial charge in [-0.3, -0.25) is 0 Å². The van der Waals surface area contributed by atoms with Crippen LogP contribution in [0.4, 0.5) is 0 Å². The summed E-state index contributed by atoms with van der Waals surface area (Å²) >= 11 is 0. The largest absolute Gasteiger partial charge is 0.317 e. The lowest BCUT2D eigenvalue weighted by Gasteiger charge is -2.26. The lowest BCUT2D eigenvalue weighted by Crippen LogP contribution is -2.30. The summed E-state index contributed by atoms with van der Waals surface area (Å²) in [5, 5.41) is 3.38. The highest BCUT2D eigenvalue weighted by molar-refractivity contribution is 5.09. The number of rotatable bonds is 0. The molecule has 2 nitrogen and oxygen atoms in total. The van der Waals surface area contributed by atoms with Gasteiger partial charge in [-0.25, -0.2) is 0 Å². The van der Waals surface area contributed by atoms with Crippen LogP contribution < -0.4 is 5.32 Å². The SMILES string of the molecule is CN1CCC(C#CC2CCNCC2)CC1. The van der Waals surface area contributed by atoms with Crippen LogP contribution in [-0.4, -0.2) is 38.1 Å². The van der Waals surface area contributed by atoms with Crippen molar-refractivity contribution in [3.63, 3.8) is 0 Å². The van der Waals surface area contributed by atoms with Gasteiger partial charge in [0, 0.05) is 11.8 Å². The molecule has 2 heterocycles. The van der Waals surface area contributed by atoms with Crippen LogP contribution in [0.2, 0.25) is 0 Å². The highest BCUT2D eigenvalue weighted by Crippen LogP contribution is 2.16. The Morgan fingerprint density at radius 1 is 0.933 bits per heavy atom. The van der Waals surface area contributed by atoms with Crippen molar-refractivity contribution >= 4 is 0 Å².